The second kappa shape index (κ2) is 17.7. The van der Waals surface area contributed by atoms with E-state index in [2.05, 4.69) is 114 Å². The number of hydrogen-bond donors (Lipinski definition) is 0. The zero-order valence-corrected chi connectivity index (χ0v) is 36.9. The molecule has 7 aromatic rings. The predicted molar refractivity (Wildman–Crippen MR) is 197 cm³/mol. The van der Waals surface area contributed by atoms with Crippen molar-refractivity contribution in [3.8, 4) is 0 Å². The predicted octanol–water partition coefficient (Wildman–Crippen LogP) is 5.66. The molecule has 0 aromatic carbocycles. The SMILES string of the molecule is Cc1cc(C)n([B-](n2nc(C)cc2C)n2nc(C)cc2C)n1.Cc1cc(C)n([B-](n2nc(C)cc2C)n2nc(C)cc2C)n1.[Ir].[Ir].[c-]1cccs1. The molecule has 0 atom stereocenters. The molecule has 0 amide bonds. The zero-order valence-electron chi connectivity index (χ0n) is 31.3. The van der Waals surface area contributed by atoms with E-state index in [0.29, 0.717) is 0 Å². The van der Waals surface area contributed by atoms with E-state index in [1.165, 1.54) is 0 Å². The van der Waals surface area contributed by atoms with Crippen LogP contribution in [-0.4, -0.2) is 72.4 Å². The van der Waals surface area contributed by atoms with E-state index in [0.717, 1.165) is 68.3 Å². The van der Waals surface area contributed by atoms with Crippen LogP contribution in [0.4, 0.5) is 0 Å². The molecule has 4 radical (unpaired) electrons. The number of rotatable bonds is 6. The van der Waals surface area contributed by atoms with Gasteiger partial charge in [-0.2, -0.15) is 11.4 Å². The Labute approximate surface area is 332 Å². The minimum absolute atomic E-state index is 0. The van der Waals surface area contributed by atoms with Gasteiger partial charge in [0.05, 0.1) is 34.2 Å². The van der Waals surface area contributed by atoms with Gasteiger partial charge in [0.1, 0.15) is 0 Å². The van der Waals surface area contributed by atoms with Crippen molar-refractivity contribution >= 4 is 25.6 Å². The minimum atomic E-state index is -0.226. The van der Waals surface area contributed by atoms with E-state index in [4.69, 9.17) is 0 Å². The number of aryl methyl sites for hydroxylation is 12. The Bertz CT molecular complexity index is 1780. The number of aromatic nitrogens is 12. The molecule has 0 saturated heterocycles. The molecule has 0 saturated carbocycles. The second-order valence-corrected chi connectivity index (χ2v) is 13.4. The first kappa shape index (κ1) is 41.8. The molecule has 0 aliphatic carbocycles. The van der Waals surface area contributed by atoms with E-state index in [1.807, 2.05) is 86.6 Å². The van der Waals surface area contributed by atoms with Gasteiger partial charge in [-0.15, -0.1) is 5.38 Å². The molecule has 0 unspecified atom stereocenters. The summed E-state index contributed by atoms with van der Waals surface area (Å²) in [6.45, 7) is 24.4. The van der Waals surface area contributed by atoms with Crippen LogP contribution < -0.4 is 0 Å². The molecule has 51 heavy (non-hydrogen) atoms. The van der Waals surface area contributed by atoms with Crippen molar-refractivity contribution < 1.29 is 40.2 Å². The summed E-state index contributed by atoms with van der Waals surface area (Å²) in [5.74, 6) is 0. The number of hydrogen-bond acceptors (Lipinski definition) is 7. The van der Waals surface area contributed by atoms with Crippen molar-refractivity contribution in [1.82, 2.24) is 58.1 Å². The largest absolute Gasteiger partial charge is 0.422 e. The van der Waals surface area contributed by atoms with Gasteiger partial charge in [-0.25, -0.2) is 36.7 Å². The molecule has 7 aromatic heterocycles. The van der Waals surface area contributed by atoms with Crippen LogP contribution >= 0.6 is 11.3 Å². The van der Waals surface area contributed by atoms with Gasteiger partial charge in [0.2, 0.25) is 0 Å². The van der Waals surface area contributed by atoms with Gasteiger partial charge in [0.15, 0.2) is 0 Å². The van der Waals surface area contributed by atoms with Crippen molar-refractivity contribution in [2.24, 2.45) is 0 Å². The van der Waals surface area contributed by atoms with Gasteiger partial charge in [-0.3, -0.25) is 0 Å². The fourth-order valence-electron chi connectivity index (χ4n) is 6.10. The molecule has 0 aliphatic rings. The first-order valence-electron chi connectivity index (χ1n) is 16.3. The molecule has 0 fully saturated rings. The monoisotopic (exact) mass is 1060 g/mol. The molecule has 0 aliphatic heterocycles. The van der Waals surface area contributed by atoms with E-state index in [9.17, 15) is 0 Å². The van der Waals surface area contributed by atoms with E-state index < -0.39 is 0 Å². The average molecular weight is 1060 g/mol. The van der Waals surface area contributed by atoms with Gasteiger partial charge >= 0.3 is 0 Å². The van der Waals surface area contributed by atoms with Crippen LogP contribution in [0, 0.1) is 88.5 Å². The molecule has 0 N–H and O–H groups in total. The Kier molecular flexibility index (Phi) is 14.5. The van der Waals surface area contributed by atoms with Gasteiger partial charge in [-0.05, 0) is 154 Å². The van der Waals surface area contributed by atoms with Crippen LogP contribution in [0.25, 0.3) is 0 Å². The maximum Gasteiger partial charge on any atom is 0.261 e. The first-order valence-corrected chi connectivity index (χ1v) is 17.2. The molecular formula is C34H45B2Ir2N12S-3. The van der Waals surface area contributed by atoms with E-state index in [1.54, 1.807) is 11.3 Å². The summed E-state index contributed by atoms with van der Waals surface area (Å²) >= 11 is 1.59. The fourth-order valence-corrected chi connectivity index (χ4v) is 6.49. The molecule has 12 nitrogen and oxygen atoms in total. The van der Waals surface area contributed by atoms with Crippen LogP contribution in [0.3, 0.4) is 0 Å². The van der Waals surface area contributed by atoms with Gasteiger partial charge < -0.3 is 38.9 Å². The summed E-state index contributed by atoms with van der Waals surface area (Å²) in [7, 11) is -0.452. The quantitative estimate of drug-likeness (QED) is 0.158. The molecule has 0 bridgehead atoms. The van der Waals surface area contributed by atoms with Crippen LogP contribution in [0.1, 0.15) is 68.3 Å². The second-order valence-electron chi connectivity index (χ2n) is 12.7. The van der Waals surface area contributed by atoms with Crippen LogP contribution in [0.5, 0.6) is 0 Å². The third-order valence-electron chi connectivity index (χ3n) is 7.96. The Morgan fingerprint density at radius 1 is 0.412 bits per heavy atom. The van der Waals surface area contributed by atoms with E-state index >= 15 is 0 Å². The topological polar surface area (TPSA) is 107 Å². The third kappa shape index (κ3) is 9.64. The zero-order chi connectivity index (χ0) is 35.6. The molecule has 7 rings (SSSR count). The van der Waals surface area contributed by atoms with Gasteiger partial charge in [0, 0.05) is 40.2 Å². The Morgan fingerprint density at radius 3 is 0.725 bits per heavy atom. The summed E-state index contributed by atoms with van der Waals surface area (Å²) in [5, 5.41) is 32.8. The van der Waals surface area contributed by atoms with Crippen molar-refractivity contribution in [3.05, 3.63) is 128 Å². The van der Waals surface area contributed by atoms with Crippen LogP contribution in [0.15, 0.2) is 53.9 Å². The molecule has 274 valence electrons. The Morgan fingerprint density at radius 2 is 0.627 bits per heavy atom. The summed E-state index contributed by atoms with van der Waals surface area (Å²) in [6, 6.07) is 16.3. The van der Waals surface area contributed by atoms with Gasteiger partial charge in [-0.1, -0.05) is 0 Å². The number of thiophene rings is 1. The normalized spacial score (nSPS) is 10.8. The van der Waals surface area contributed by atoms with E-state index in [-0.39, 0.29) is 54.4 Å². The van der Waals surface area contributed by atoms with Crippen molar-refractivity contribution in [2.45, 2.75) is 83.1 Å². The molecular weight excluding hydrogens is 1010 g/mol. The first-order chi connectivity index (χ1) is 23.2. The minimum Gasteiger partial charge on any atom is -0.422 e. The maximum absolute atomic E-state index is 4.66. The summed E-state index contributed by atoms with van der Waals surface area (Å²) in [4.78, 5) is 0. The van der Waals surface area contributed by atoms with Crippen molar-refractivity contribution in [2.75, 3.05) is 0 Å². The van der Waals surface area contributed by atoms with Crippen molar-refractivity contribution in [3.63, 3.8) is 0 Å². The summed E-state index contributed by atoms with van der Waals surface area (Å²) in [5.41, 5.74) is 12.5. The number of nitrogens with zero attached hydrogens (tertiary/aromatic N) is 12. The van der Waals surface area contributed by atoms with Crippen LogP contribution in [-0.2, 0) is 40.2 Å². The summed E-state index contributed by atoms with van der Waals surface area (Å²) in [6.07, 6.45) is 0. The van der Waals surface area contributed by atoms with Crippen LogP contribution in [0.2, 0.25) is 0 Å². The van der Waals surface area contributed by atoms with Crippen molar-refractivity contribution in [1.29, 1.82) is 0 Å². The molecule has 0 spiro atoms. The standard InChI is InChI=1S/2C15H21BN6.C4H3S.2Ir/c2*1-10-7-13(4)20(17-10)16(21-14(5)8-11(2)18-21)22-15(6)9-12(3)19-22;1-2-4-5-3-1;;/h2*7-9H,1-6H3;1-3H;;/q3*-1;;. The Hall–Kier alpha value is -3.61. The summed E-state index contributed by atoms with van der Waals surface area (Å²) < 4.78 is 11.9. The Balaban J connectivity index is 0.000000234. The molecule has 17 heteroatoms. The third-order valence-corrected chi connectivity index (χ3v) is 8.52. The fraction of sp³-hybridized carbons (Fsp3) is 0.353. The van der Waals surface area contributed by atoms with Gasteiger partial charge in [0.25, 0.3) is 14.2 Å². The average Bonchev–Trinajstić information content (AvgIpc) is 3.88. The smallest absolute Gasteiger partial charge is 0.261 e. The molecule has 7 heterocycles. The maximum atomic E-state index is 4.66.